The van der Waals surface area contributed by atoms with Crippen molar-refractivity contribution in [2.45, 2.75) is 89.9 Å². The lowest BCUT2D eigenvalue weighted by molar-refractivity contribution is 0.777. The summed E-state index contributed by atoms with van der Waals surface area (Å²) in [7, 11) is 0.0162. The molecule has 2 saturated heterocycles. The largest absolute Gasteiger partial charge is 0.0736 e. The number of rotatable bonds is 3. The predicted octanol–water partition coefficient (Wildman–Crippen LogP) is 7.79. The number of hydrogen-bond acceptors (Lipinski definition) is 0. The first-order valence-corrected chi connectivity index (χ1v) is 12.7. The minimum atomic E-state index is -0.0213. The smallest absolute Gasteiger partial charge is 0.0126 e. The first-order valence-electron chi connectivity index (χ1n) is 9.75. The number of aryl methyl sites for hydroxylation is 1. The molecule has 0 aromatic heterocycles. The van der Waals surface area contributed by atoms with Crippen LogP contribution in [0, 0.1) is 6.92 Å². The molecule has 2 aliphatic rings. The van der Waals surface area contributed by atoms with Crippen LogP contribution < -0.4 is 0 Å². The molecule has 2 aliphatic heterocycles. The van der Waals surface area contributed by atoms with E-state index in [1.807, 2.05) is 10.6 Å². The van der Waals surface area contributed by atoms with Crippen molar-refractivity contribution in [3.05, 3.63) is 40.7 Å². The molecule has 0 radical (unpaired) electrons. The van der Waals surface area contributed by atoms with E-state index in [9.17, 15) is 0 Å². The highest BCUT2D eigenvalue weighted by molar-refractivity contribution is 7.72. The molecule has 0 aliphatic carbocycles. The summed E-state index contributed by atoms with van der Waals surface area (Å²) in [6, 6.07) is 9.19. The Hall–Kier alpha value is -0.180. The Morgan fingerprint density at radius 1 is 0.792 bits per heavy atom. The molecule has 0 nitrogen and oxygen atoms in total. The zero-order valence-corrected chi connectivity index (χ0v) is 18.1. The molecule has 0 N–H and O–H groups in total. The fraction of sp³-hybridized carbons (Fsp3) is 0.636. The molecule has 0 saturated carbocycles. The molecule has 4 atom stereocenters. The molecule has 24 heavy (non-hydrogen) atoms. The second kappa shape index (κ2) is 7.60. The van der Waals surface area contributed by atoms with E-state index in [0.717, 1.165) is 22.6 Å². The van der Waals surface area contributed by atoms with Crippen LogP contribution in [0.3, 0.4) is 0 Å². The van der Waals surface area contributed by atoms with E-state index in [1.165, 1.54) is 31.2 Å². The summed E-state index contributed by atoms with van der Waals surface area (Å²) >= 11 is 0. The van der Waals surface area contributed by atoms with Gasteiger partial charge in [0.15, 0.2) is 0 Å². The van der Waals surface area contributed by atoms with Crippen LogP contribution in [-0.2, 0) is 0 Å². The molecule has 0 amide bonds. The number of hydrogen-bond donors (Lipinski definition) is 0. The van der Waals surface area contributed by atoms with Gasteiger partial charge in [0.2, 0.25) is 0 Å². The van der Waals surface area contributed by atoms with Crippen molar-refractivity contribution >= 4 is 21.2 Å². The first-order chi connectivity index (χ1) is 11.4. The highest BCUT2D eigenvalue weighted by Gasteiger charge is 2.38. The van der Waals surface area contributed by atoms with Gasteiger partial charge in [-0.25, -0.2) is 0 Å². The van der Waals surface area contributed by atoms with Crippen molar-refractivity contribution in [2.24, 2.45) is 0 Å². The van der Waals surface area contributed by atoms with E-state index in [2.05, 4.69) is 65.8 Å². The van der Waals surface area contributed by atoms with Crippen LogP contribution in [0.2, 0.25) is 0 Å². The minimum Gasteiger partial charge on any atom is -0.0736 e. The van der Waals surface area contributed by atoms with Crippen molar-refractivity contribution in [1.29, 1.82) is 0 Å². The van der Waals surface area contributed by atoms with Crippen LogP contribution in [-0.4, -0.2) is 22.6 Å². The molecule has 132 valence electrons. The van der Waals surface area contributed by atoms with Gasteiger partial charge in [0.1, 0.15) is 0 Å². The van der Waals surface area contributed by atoms with E-state index >= 15 is 0 Å². The summed E-state index contributed by atoms with van der Waals surface area (Å²) in [5.74, 6) is 0. The van der Waals surface area contributed by atoms with Gasteiger partial charge in [-0.2, -0.15) is 0 Å². The molecule has 1 aromatic carbocycles. The standard InChI is InChI=1S/C22H34P2/c1-15-9-7-8-10-21(15)22(24-18(4)13-14-19(24)5)20(6)23-16(2)11-12-17(23)3/h7-10,16-19H,11-14H2,1-6H3/b22-20-/t16-,17-,18-,19-/m0/s1. The first kappa shape index (κ1) is 18.6. The molecule has 3 rings (SSSR count). The fourth-order valence-electron chi connectivity index (χ4n) is 4.97. The molecule has 0 bridgehead atoms. The van der Waals surface area contributed by atoms with Crippen molar-refractivity contribution in [1.82, 2.24) is 0 Å². The Bertz CT molecular complexity index is 598. The molecule has 2 heterocycles. The quantitative estimate of drug-likeness (QED) is 0.483. The van der Waals surface area contributed by atoms with Crippen LogP contribution >= 0.6 is 15.8 Å². The fourth-order valence-corrected chi connectivity index (χ4v) is 12.6. The van der Waals surface area contributed by atoms with Gasteiger partial charge in [0.05, 0.1) is 0 Å². The lowest BCUT2D eigenvalue weighted by atomic mass is 10.1. The number of allylic oxidation sites excluding steroid dienone is 1. The Labute approximate surface area is 152 Å². The summed E-state index contributed by atoms with van der Waals surface area (Å²) in [6.45, 7) is 14.9. The predicted molar refractivity (Wildman–Crippen MR) is 114 cm³/mol. The van der Waals surface area contributed by atoms with Crippen molar-refractivity contribution in [3.8, 4) is 0 Å². The SMILES string of the molecule is C/C(=C(\c1ccccc1C)P1[C@@H](C)CC[C@@H]1C)P1[C@@H](C)CC[C@@H]1C. The van der Waals surface area contributed by atoms with Crippen molar-refractivity contribution in [2.75, 3.05) is 0 Å². The molecule has 2 fully saturated rings. The maximum absolute atomic E-state index is 2.52. The number of benzene rings is 1. The topological polar surface area (TPSA) is 0 Å². The second-order valence-electron chi connectivity index (χ2n) is 8.11. The third-order valence-electron chi connectivity index (χ3n) is 6.29. The average molecular weight is 360 g/mol. The summed E-state index contributed by atoms with van der Waals surface area (Å²) in [6.07, 6.45) is 5.74. The van der Waals surface area contributed by atoms with E-state index in [1.54, 1.807) is 5.56 Å². The van der Waals surface area contributed by atoms with Crippen LogP contribution in [0.4, 0.5) is 0 Å². The van der Waals surface area contributed by atoms with Gasteiger partial charge in [-0.1, -0.05) is 67.8 Å². The van der Waals surface area contributed by atoms with Gasteiger partial charge in [0, 0.05) is 0 Å². The van der Waals surface area contributed by atoms with Crippen LogP contribution in [0.1, 0.15) is 71.4 Å². The third kappa shape index (κ3) is 3.39. The van der Waals surface area contributed by atoms with E-state index in [4.69, 9.17) is 0 Å². The second-order valence-corrected chi connectivity index (χ2v) is 14.4. The lowest BCUT2D eigenvalue weighted by Gasteiger charge is -2.32. The molecular formula is C22H34P2. The van der Waals surface area contributed by atoms with E-state index in [0.29, 0.717) is 0 Å². The van der Waals surface area contributed by atoms with Crippen LogP contribution in [0.5, 0.6) is 0 Å². The summed E-state index contributed by atoms with van der Waals surface area (Å²) < 4.78 is 0. The summed E-state index contributed by atoms with van der Waals surface area (Å²) in [5.41, 5.74) is 6.67. The average Bonchev–Trinajstić information content (AvgIpc) is 3.05. The Balaban J connectivity index is 2.15. The molecule has 0 spiro atoms. The van der Waals surface area contributed by atoms with Crippen LogP contribution in [0.25, 0.3) is 5.31 Å². The van der Waals surface area contributed by atoms with Gasteiger partial charge in [0.25, 0.3) is 0 Å². The van der Waals surface area contributed by atoms with Crippen LogP contribution in [0.15, 0.2) is 29.6 Å². The lowest BCUT2D eigenvalue weighted by Crippen LogP contribution is -2.05. The third-order valence-corrected chi connectivity index (χ3v) is 13.4. The molecule has 2 heteroatoms. The maximum Gasteiger partial charge on any atom is -0.0126 e. The molecule has 0 unspecified atom stereocenters. The van der Waals surface area contributed by atoms with Crippen molar-refractivity contribution in [3.63, 3.8) is 0 Å². The maximum atomic E-state index is 2.52. The normalized spacial score (nSPS) is 33.1. The Kier molecular flexibility index (Phi) is 5.89. The Morgan fingerprint density at radius 2 is 1.25 bits per heavy atom. The highest BCUT2D eigenvalue weighted by Crippen LogP contribution is 2.71. The highest BCUT2D eigenvalue weighted by atomic mass is 31.1. The van der Waals surface area contributed by atoms with Gasteiger partial charge >= 0.3 is 0 Å². The molecular weight excluding hydrogens is 326 g/mol. The molecule has 1 aromatic rings. The van der Waals surface area contributed by atoms with Gasteiger partial charge in [-0.05, 0) is 83.9 Å². The van der Waals surface area contributed by atoms with Gasteiger partial charge < -0.3 is 0 Å². The summed E-state index contributed by atoms with van der Waals surface area (Å²) in [5, 5.41) is 3.62. The zero-order chi connectivity index (χ0) is 17.4. The van der Waals surface area contributed by atoms with Gasteiger partial charge in [-0.15, -0.1) is 0 Å². The zero-order valence-electron chi connectivity index (χ0n) is 16.3. The van der Waals surface area contributed by atoms with Gasteiger partial charge in [-0.3, -0.25) is 0 Å². The minimum absolute atomic E-state index is 0.0213. The monoisotopic (exact) mass is 360 g/mol. The summed E-state index contributed by atoms with van der Waals surface area (Å²) in [4.78, 5) is 0. The van der Waals surface area contributed by atoms with E-state index < -0.39 is 0 Å². The Morgan fingerprint density at radius 3 is 1.75 bits per heavy atom. The van der Waals surface area contributed by atoms with E-state index in [-0.39, 0.29) is 15.8 Å². The van der Waals surface area contributed by atoms with Crippen molar-refractivity contribution < 1.29 is 0 Å².